The number of aromatic nitrogens is 2. The summed E-state index contributed by atoms with van der Waals surface area (Å²) in [4.78, 5) is 31.7. The van der Waals surface area contributed by atoms with Crippen molar-refractivity contribution in [2.45, 2.75) is 19.0 Å². The van der Waals surface area contributed by atoms with Gasteiger partial charge in [-0.2, -0.15) is 0 Å². The highest BCUT2D eigenvalue weighted by molar-refractivity contribution is 6.46. The Morgan fingerprint density at radius 2 is 1.94 bits per heavy atom. The second-order valence-corrected chi connectivity index (χ2v) is 7.68. The Kier molecular flexibility index (Phi) is 6.69. The van der Waals surface area contributed by atoms with Crippen molar-refractivity contribution in [3.63, 3.8) is 0 Å². The van der Waals surface area contributed by atoms with Crippen molar-refractivity contribution in [1.82, 2.24) is 14.5 Å². The smallest absolute Gasteiger partial charge is 0.295 e. The van der Waals surface area contributed by atoms with E-state index in [0.29, 0.717) is 43.0 Å². The molecule has 7 heteroatoms. The van der Waals surface area contributed by atoms with Gasteiger partial charge < -0.3 is 19.3 Å². The first-order valence-corrected chi connectivity index (χ1v) is 10.7. The number of benzene rings is 2. The summed E-state index contributed by atoms with van der Waals surface area (Å²) in [5.74, 6) is -0.911. The average Bonchev–Trinajstić information content (AvgIpc) is 3.45. The van der Waals surface area contributed by atoms with Crippen molar-refractivity contribution in [2.24, 2.45) is 0 Å². The molecule has 1 N–H and O–H groups in total. The highest BCUT2D eigenvalue weighted by Crippen LogP contribution is 2.40. The highest BCUT2D eigenvalue weighted by atomic mass is 16.5. The normalized spacial score (nSPS) is 17.3. The summed E-state index contributed by atoms with van der Waals surface area (Å²) < 4.78 is 7.58. The van der Waals surface area contributed by atoms with Gasteiger partial charge >= 0.3 is 0 Å². The third-order valence-electron chi connectivity index (χ3n) is 5.50. The summed E-state index contributed by atoms with van der Waals surface area (Å²) in [5, 5.41) is 11.1. The van der Waals surface area contributed by atoms with Gasteiger partial charge in [-0.3, -0.25) is 9.59 Å². The van der Waals surface area contributed by atoms with E-state index in [4.69, 9.17) is 4.74 Å². The summed E-state index contributed by atoms with van der Waals surface area (Å²) in [7, 11) is 0. The minimum atomic E-state index is -0.722. The van der Waals surface area contributed by atoms with Gasteiger partial charge in [-0.05, 0) is 24.1 Å². The zero-order valence-corrected chi connectivity index (χ0v) is 18.1. The molecule has 1 amide bonds. The van der Waals surface area contributed by atoms with Crippen LogP contribution in [0, 0.1) is 0 Å². The predicted molar refractivity (Wildman–Crippen MR) is 124 cm³/mol. The number of Topliss-reactive ketones (excluding diaryl/α,β-unsaturated/α-hetero) is 1. The van der Waals surface area contributed by atoms with Crippen molar-refractivity contribution in [2.75, 3.05) is 13.2 Å². The van der Waals surface area contributed by atoms with Crippen LogP contribution >= 0.6 is 0 Å². The fraction of sp³-hybridized carbons (Fsp3) is 0.192. The van der Waals surface area contributed by atoms with Crippen LogP contribution < -0.4 is 4.74 Å². The third kappa shape index (κ3) is 4.72. The molecule has 0 spiro atoms. The number of carbonyl (C=O) groups excluding carboxylic acids is 2. The fourth-order valence-corrected chi connectivity index (χ4v) is 3.98. The second-order valence-electron chi connectivity index (χ2n) is 7.68. The lowest BCUT2D eigenvalue weighted by Crippen LogP contribution is -2.31. The number of amides is 1. The highest BCUT2D eigenvalue weighted by Gasteiger charge is 2.45. The molecule has 1 atom stereocenters. The van der Waals surface area contributed by atoms with E-state index in [-0.39, 0.29) is 11.3 Å². The van der Waals surface area contributed by atoms with Crippen LogP contribution in [0.2, 0.25) is 0 Å². The summed E-state index contributed by atoms with van der Waals surface area (Å²) >= 11 is 0. The average molecular weight is 444 g/mol. The Balaban J connectivity index is 1.73. The quantitative estimate of drug-likeness (QED) is 0.234. The monoisotopic (exact) mass is 443 g/mol. The molecule has 7 nitrogen and oxygen atoms in total. The van der Waals surface area contributed by atoms with Crippen molar-refractivity contribution >= 4 is 17.4 Å². The van der Waals surface area contributed by atoms with Crippen LogP contribution in [0.15, 0.2) is 91.5 Å². The Labute approximate surface area is 192 Å². The Morgan fingerprint density at radius 1 is 1.12 bits per heavy atom. The first-order chi connectivity index (χ1) is 16.1. The minimum Gasteiger partial charge on any atom is -0.507 e. The molecule has 168 valence electrons. The summed E-state index contributed by atoms with van der Waals surface area (Å²) in [6, 6.07) is 15.3. The van der Waals surface area contributed by atoms with Gasteiger partial charge in [0.2, 0.25) is 0 Å². The topological polar surface area (TPSA) is 84.7 Å². The summed E-state index contributed by atoms with van der Waals surface area (Å²) in [5.41, 5.74) is 1.25. The molecule has 33 heavy (non-hydrogen) atoms. The van der Waals surface area contributed by atoms with Crippen LogP contribution in [-0.2, 0) is 16.1 Å². The molecule has 3 aromatic rings. The van der Waals surface area contributed by atoms with E-state index in [2.05, 4.69) is 11.6 Å². The molecule has 1 fully saturated rings. The van der Waals surface area contributed by atoms with Gasteiger partial charge in [-0.25, -0.2) is 4.98 Å². The molecule has 2 aromatic carbocycles. The molecular formula is C26H25N3O4. The Morgan fingerprint density at radius 3 is 2.67 bits per heavy atom. The second kappa shape index (κ2) is 9.99. The number of nitrogens with zero attached hydrogens (tertiary/aromatic N) is 3. The van der Waals surface area contributed by atoms with Gasteiger partial charge in [-0.1, -0.05) is 55.1 Å². The van der Waals surface area contributed by atoms with Gasteiger partial charge in [0.15, 0.2) is 0 Å². The van der Waals surface area contributed by atoms with Crippen LogP contribution in [0.5, 0.6) is 5.75 Å². The Hall–Kier alpha value is -4.13. The number of aryl methyl sites for hydroxylation is 1. The van der Waals surface area contributed by atoms with E-state index >= 15 is 0 Å². The number of hydrogen-bond acceptors (Lipinski definition) is 5. The number of aliphatic hydroxyl groups excluding tert-OH is 1. The molecule has 0 bridgehead atoms. The zero-order chi connectivity index (χ0) is 23.2. The molecular weight excluding hydrogens is 418 g/mol. The van der Waals surface area contributed by atoms with Crippen LogP contribution in [0.1, 0.15) is 23.6 Å². The predicted octanol–water partition coefficient (Wildman–Crippen LogP) is 3.96. The number of rotatable bonds is 9. The maximum Gasteiger partial charge on any atom is 0.295 e. The zero-order valence-electron chi connectivity index (χ0n) is 18.1. The molecule has 1 saturated heterocycles. The van der Waals surface area contributed by atoms with Crippen LogP contribution in [0.4, 0.5) is 0 Å². The molecule has 0 aliphatic carbocycles. The SMILES string of the molecule is C=CCOc1cccc([C@@H]2/C(=C(\O)c3ccccc3)C(=O)C(=O)N2CCCn2ccnc2)c1. The maximum atomic E-state index is 13.1. The van der Waals surface area contributed by atoms with Gasteiger partial charge in [0.1, 0.15) is 18.1 Å². The van der Waals surface area contributed by atoms with Crippen LogP contribution in [-0.4, -0.2) is 44.4 Å². The standard InChI is InChI=1S/C26H25N3O4/c1-2-16-33-21-11-6-10-20(17-21)23-22(24(30)19-8-4-3-5-9-19)25(31)26(32)29(23)14-7-13-28-15-12-27-18-28/h2-6,8-12,15,17-18,23,30H,1,7,13-14,16H2/b24-22+/t23-/m1/s1. The largest absolute Gasteiger partial charge is 0.507 e. The van der Waals surface area contributed by atoms with Crippen molar-refractivity contribution in [1.29, 1.82) is 0 Å². The van der Waals surface area contributed by atoms with E-state index < -0.39 is 17.7 Å². The number of ether oxygens (including phenoxy) is 1. The molecule has 2 heterocycles. The van der Waals surface area contributed by atoms with E-state index in [0.717, 1.165) is 0 Å². The van der Waals surface area contributed by atoms with Crippen molar-refractivity contribution < 1.29 is 19.4 Å². The minimum absolute atomic E-state index is 0.0784. The lowest BCUT2D eigenvalue weighted by molar-refractivity contribution is -0.139. The van der Waals surface area contributed by atoms with E-state index in [1.54, 1.807) is 55.0 Å². The van der Waals surface area contributed by atoms with Crippen molar-refractivity contribution in [3.8, 4) is 5.75 Å². The number of carbonyl (C=O) groups is 2. The number of imidazole rings is 1. The van der Waals surface area contributed by atoms with Gasteiger partial charge in [0.05, 0.1) is 17.9 Å². The van der Waals surface area contributed by atoms with Crippen LogP contribution in [0.3, 0.4) is 0 Å². The number of hydrogen-bond donors (Lipinski definition) is 1. The van der Waals surface area contributed by atoms with E-state index in [1.165, 1.54) is 4.90 Å². The third-order valence-corrected chi connectivity index (χ3v) is 5.50. The van der Waals surface area contributed by atoms with E-state index in [9.17, 15) is 14.7 Å². The van der Waals surface area contributed by atoms with Gasteiger partial charge in [0.25, 0.3) is 11.7 Å². The number of ketones is 1. The lowest BCUT2D eigenvalue weighted by atomic mass is 9.95. The molecule has 0 radical (unpaired) electrons. The number of likely N-dealkylation sites (tertiary alicyclic amines) is 1. The molecule has 1 aliphatic heterocycles. The van der Waals surface area contributed by atoms with E-state index in [1.807, 2.05) is 29.0 Å². The molecule has 4 rings (SSSR count). The molecule has 0 saturated carbocycles. The maximum absolute atomic E-state index is 13.1. The lowest BCUT2D eigenvalue weighted by Gasteiger charge is -2.25. The number of aliphatic hydroxyl groups is 1. The molecule has 1 aromatic heterocycles. The van der Waals surface area contributed by atoms with Crippen molar-refractivity contribution in [3.05, 3.63) is 103 Å². The van der Waals surface area contributed by atoms with Gasteiger partial charge in [0, 0.05) is 31.0 Å². The summed E-state index contributed by atoms with van der Waals surface area (Å²) in [6.07, 6.45) is 7.52. The first-order valence-electron chi connectivity index (χ1n) is 10.7. The van der Waals surface area contributed by atoms with Gasteiger partial charge in [-0.15, -0.1) is 0 Å². The summed E-state index contributed by atoms with van der Waals surface area (Å²) in [6.45, 7) is 4.99. The first kappa shape index (κ1) is 22.1. The molecule has 0 unspecified atom stereocenters. The fourth-order valence-electron chi connectivity index (χ4n) is 3.98. The Bertz CT molecular complexity index is 1170. The van der Waals surface area contributed by atoms with Crippen LogP contribution in [0.25, 0.3) is 5.76 Å². The molecule has 1 aliphatic rings.